The van der Waals surface area contributed by atoms with Gasteiger partial charge in [-0.3, -0.25) is 9.52 Å². The number of likely N-dealkylation sites (N-methyl/N-ethyl adjacent to an activating group) is 1. The van der Waals surface area contributed by atoms with E-state index in [4.69, 9.17) is 21.5 Å². The highest BCUT2D eigenvalue weighted by Crippen LogP contribution is 2.31. The lowest BCUT2D eigenvalue weighted by Gasteiger charge is -2.31. The summed E-state index contributed by atoms with van der Waals surface area (Å²) < 4.78 is 60.7. The van der Waals surface area contributed by atoms with Crippen LogP contribution in [-0.2, 0) is 14.8 Å². The van der Waals surface area contributed by atoms with Crippen LogP contribution < -0.4 is 14.9 Å². The molecule has 40 heavy (non-hydrogen) atoms. The molecular weight excluding hydrogens is 575 g/mol. The number of nitrogens with one attached hydrogen (secondary N) is 2. The lowest BCUT2D eigenvalue weighted by atomic mass is 10.1. The molecule has 2 saturated heterocycles. The maximum atomic E-state index is 13.3. The summed E-state index contributed by atoms with van der Waals surface area (Å²) in [5.74, 6) is -2.84. The van der Waals surface area contributed by atoms with Crippen LogP contribution in [0.3, 0.4) is 0 Å². The number of carboxylic acids is 1. The van der Waals surface area contributed by atoms with Crippen LogP contribution in [0.15, 0.2) is 47.4 Å². The summed E-state index contributed by atoms with van der Waals surface area (Å²) in [6.07, 6.45) is -4.17. The third-order valence-corrected chi connectivity index (χ3v) is 7.95. The molecule has 0 aliphatic carbocycles. The molecule has 15 heteroatoms. The van der Waals surface area contributed by atoms with E-state index in [2.05, 4.69) is 26.9 Å². The summed E-state index contributed by atoms with van der Waals surface area (Å²) in [5, 5.41) is 10.9. The zero-order valence-electron chi connectivity index (χ0n) is 21.7. The number of nitrogens with zero attached hydrogens (tertiary/aromatic N) is 3. The quantitative estimate of drug-likeness (QED) is 0.476. The van der Waals surface area contributed by atoms with E-state index in [9.17, 15) is 26.4 Å². The van der Waals surface area contributed by atoms with Gasteiger partial charge in [-0.1, -0.05) is 11.6 Å². The minimum absolute atomic E-state index is 0.0795. The van der Waals surface area contributed by atoms with Crippen molar-refractivity contribution in [3.05, 3.63) is 53.1 Å². The predicted molar refractivity (Wildman–Crippen MR) is 145 cm³/mol. The van der Waals surface area contributed by atoms with Crippen LogP contribution >= 0.6 is 11.6 Å². The van der Waals surface area contributed by atoms with Crippen LogP contribution in [0.1, 0.15) is 16.8 Å². The second-order valence-corrected chi connectivity index (χ2v) is 11.4. The first kappa shape index (κ1) is 31.5. The van der Waals surface area contributed by atoms with Crippen LogP contribution in [0.4, 0.5) is 24.5 Å². The molecule has 0 spiro atoms. The molecule has 10 nitrogen and oxygen atoms in total. The van der Waals surface area contributed by atoms with Crippen molar-refractivity contribution in [1.29, 1.82) is 0 Å². The second kappa shape index (κ2) is 13.5. The van der Waals surface area contributed by atoms with Gasteiger partial charge in [0.15, 0.2) is 0 Å². The fourth-order valence-electron chi connectivity index (χ4n) is 4.18. The maximum Gasteiger partial charge on any atom is 0.490 e. The molecule has 0 aromatic heterocycles. The Balaban J connectivity index is 0.000000559. The maximum absolute atomic E-state index is 13.3. The first-order valence-corrected chi connectivity index (χ1v) is 14.3. The third-order valence-electron chi connectivity index (χ3n) is 6.32. The summed E-state index contributed by atoms with van der Waals surface area (Å²) in [5.41, 5.74) is 1.65. The fourth-order valence-corrected chi connectivity index (χ4v) is 5.37. The van der Waals surface area contributed by atoms with E-state index >= 15 is 0 Å². The molecule has 2 aromatic carbocycles. The topological polar surface area (TPSA) is 122 Å². The second-order valence-electron chi connectivity index (χ2n) is 9.28. The predicted octanol–water partition coefficient (Wildman–Crippen LogP) is 2.96. The van der Waals surface area contributed by atoms with Crippen molar-refractivity contribution in [2.45, 2.75) is 17.5 Å². The van der Waals surface area contributed by atoms with E-state index in [1.165, 1.54) is 12.1 Å². The third kappa shape index (κ3) is 8.71. The number of amides is 1. The number of carbonyl (C=O) groups is 2. The van der Waals surface area contributed by atoms with Gasteiger partial charge < -0.3 is 25.1 Å². The molecule has 1 amide bonds. The number of piperazine rings is 1. The van der Waals surface area contributed by atoms with Crippen molar-refractivity contribution in [2.24, 2.45) is 0 Å². The van der Waals surface area contributed by atoms with Gasteiger partial charge in [0.25, 0.3) is 15.9 Å². The van der Waals surface area contributed by atoms with Gasteiger partial charge in [0.05, 0.1) is 16.3 Å². The van der Waals surface area contributed by atoms with Crippen molar-refractivity contribution in [3.63, 3.8) is 0 Å². The van der Waals surface area contributed by atoms with Crippen molar-refractivity contribution < 1.29 is 36.3 Å². The normalized spacial score (nSPS) is 16.9. The van der Waals surface area contributed by atoms with Gasteiger partial charge in [0.1, 0.15) is 0 Å². The van der Waals surface area contributed by atoms with Gasteiger partial charge in [0, 0.05) is 56.4 Å². The minimum Gasteiger partial charge on any atom is -0.475 e. The fraction of sp³-hybridized carbons (Fsp3) is 0.440. The molecule has 4 rings (SSSR count). The van der Waals surface area contributed by atoms with Crippen LogP contribution in [0.5, 0.6) is 0 Å². The molecule has 220 valence electrons. The van der Waals surface area contributed by atoms with E-state index in [-0.39, 0.29) is 10.8 Å². The van der Waals surface area contributed by atoms with Gasteiger partial charge in [-0.2, -0.15) is 13.2 Å². The summed E-state index contributed by atoms with van der Waals surface area (Å²) in [6, 6.07) is 11.3. The van der Waals surface area contributed by atoms with Gasteiger partial charge in [-0.25, -0.2) is 13.2 Å². The number of hydrogen-bond acceptors (Lipinski definition) is 7. The molecule has 3 N–H and O–H groups in total. The number of hydrogen-bond donors (Lipinski definition) is 3. The minimum atomic E-state index is -5.08. The first-order chi connectivity index (χ1) is 18.8. The Morgan fingerprint density at radius 2 is 1.60 bits per heavy atom. The Bertz CT molecular complexity index is 1290. The van der Waals surface area contributed by atoms with Crippen LogP contribution in [-0.4, -0.2) is 101 Å². The Kier molecular flexibility index (Phi) is 10.6. The number of halogens is 4. The molecule has 0 radical (unpaired) electrons. The average Bonchev–Trinajstić information content (AvgIpc) is 3.13. The highest BCUT2D eigenvalue weighted by atomic mass is 35.5. The van der Waals surface area contributed by atoms with Gasteiger partial charge in [0.2, 0.25) is 0 Å². The van der Waals surface area contributed by atoms with Crippen LogP contribution in [0.25, 0.3) is 0 Å². The van der Waals surface area contributed by atoms with Crippen molar-refractivity contribution in [2.75, 3.05) is 69.0 Å². The molecule has 0 saturated carbocycles. The number of rotatable bonds is 5. The van der Waals surface area contributed by atoms with Crippen molar-refractivity contribution in [1.82, 2.24) is 15.1 Å². The lowest BCUT2D eigenvalue weighted by molar-refractivity contribution is -0.192. The molecular formula is C25H31ClF3N5O5S. The summed E-state index contributed by atoms with van der Waals surface area (Å²) in [7, 11) is -1.80. The number of anilines is 2. The highest BCUT2D eigenvalue weighted by molar-refractivity contribution is 7.92. The lowest BCUT2D eigenvalue weighted by Crippen LogP contribution is -2.43. The van der Waals surface area contributed by atoms with Gasteiger partial charge >= 0.3 is 12.1 Å². The number of carbonyl (C=O) groups excluding carboxylic acids is 1. The molecule has 2 fully saturated rings. The zero-order valence-corrected chi connectivity index (χ0v) is 23.3. The Labute approximate surface area is 235 Å². The largest absolute Gasteiger partial charge is 0.490 e. The monoisotopic (exact) mass is 605 g/mol. The number of sulfonamides is 1. The van der Waals surface area contributed by atoms with E-state index in [1.54, 1.807) is 24.3 Å². The molecule has 0 atom stereocenters. The van der Waals surface area contributed by atoms with Gasteiger partial charge in [-0.15, -0.1) is 0 Å². The molecule has 2 aliphatic heterocycles. The Hall–Kier alpha value is -3.07. The summed E-state index contributed by atoms with van der Waals surface area (Å²) >= 11 is 5.93. The first-order valence-electron chi connectivity index (χ1n) is 12.4. The van der Waals surface area contributed by atoms with Crippen molar-refractivity contribution in [3.8, 4) is 0 Å². The highest BCUT2D eigenvalue weighted by Gasteiger charge is 2.38. The Morgan fingerprint density at radius 3 is 2.20 bits per heavy atom. The summed E-state index contributed by atoms with van der Waals surface area (Å²) in [6.45, 7) is 6.24. The molecule has 2 aliphatic rings. The average molecular weight is 606 g/mol. The smallest absolute Gasteiger partial charge is 0.475 e. The van der Waals surface area contributed by atoms with Crippen LogP contribution in [0, 0.1) is 0 Å². The Morgan fingerprint density at radius 1 is 0.975 bits per heavy atom. The van der Waals surface area contributed by atoms with Gasteiger partial charge in [-0.05, 0) is 62.5 Å². The molecule has 0 bridgehead atoms. The number of aliphatic carboxylic acids is 1. The molecule has 2 aromatic rings. The number of alkyl halides is 3. The van der Waals surface area contributed by atoms with Crippen LogP contribution in [0.2, 0.25) is 5.02 Å². The van der Waals surface area contributed by atoms with E-state index in [1.807, 2.05) is 11.0 Å². The number of benzene rings is 2. The zero-order chi connectivity index (χ0) is 29.5. The standard InChI is InChI=1S/C23H30ClN5O3S.C2HF3O2/c1-27-11-2-12-29(16-15-27)23(30)18-3-8-22(28-13-9-25-10-14-28)21(17-18)26-33(31,32)20-6-4-19(24)5-7-20;3-2(4,5)1(6)7/h3-8,17,25-26H,2,9-16H2,1H3;(H,6,7). The summed E-state index contributed by atoms with van der Waals surface area (Å²) in [4.78, 5) is 28.5. The molecule has 0 unspecified atom stereocenters. The van der Waals surface area contributed by atoms with E-state index in [0.717, 1.165) is 51.4 Å². The molecule has 2 heterocycles. The number of carboxylic acid groups (broad SMARTS) is 1. The van der Waals surface area contributed by atoms with E-state index in [0.29, 0.717) is 29.4 Å². The van der Waals surface area contributed by atoms with E-state index < -0.39 is 22.2 Å². The SMILES string of the molecule is CN1CCCN(C(=O)c2ccc(N3CCNCC3)c(NS(=O)(=O)c3ccc(Cl)cc3)c2)CC1.O=C(O)C(F)(F)F. The van der Waals surface area contributed by atoms with Crippen molar-refractivity contribution >= 4 is 44.9 Å².